The third-order valence-electron chi connectivity index (χ3n) is 3.46. The Hall–Kier alpha value is -2.98. The molecule has 0 saturated carbocycles. The topological polar surface area (TPSA) is 123 Å². The standard InChI is InChI=1S/C16H14ClN5O4S/c1-9-18-14(21-16(19-9)26-2)20-15(23)22-27(24,25)13-11-6-4-3-5-10(11)7-8-12(13)17/h3-8H,1-2H3,(H2,18,19,20,21,22,23). The molecule has 0 spiro atoms. The van der Waals surface area contributed by atoms with Crippen LogP contribution < -0.4 is 14.8 Å². The van der Waals surface area contributed by atoms with Crippen LogP contribution in [0.2, 0.25) is 5.02 Å². The van der Waals surface area contributed by atoms with Gasteiger partial charge in [0.15, 0.2) is 0 Å². The normalized spacial score (nSPS) is 11.2. The van der Waals surface area contributed by atoms with Crippen molar-refractivity contribution in [1.82, 2.24) is 19.7 Å². The van der Waals surface area contributed by atoms with Crippen LogP contribution in [0.1, 0.15) is 5.82 Å². The molecule has 3 aromatic rings. The van der Waals surface area contributed by atoms with Gasteiger partial charge in [0, 0.05) is 5.39 Å². The summed E-state index contributed by atoms with van der Waals surface area (Å²) in [7, 11) is -2.91. The molecule has 0 fully saturated rings. The number of rotatable bonds is 4. The molecule has 0 aliphatic heterocycles. The number of fused-ring (bicyclic) bond motifs is 1. The lowest BCUT2D eigenvalue weighted by molar-refractivity contribution is 0.256. The van der Waals surface area contributed by atoms with E-state index in [2.05, 4.69) is 20.3 Å². The second-order valence-corrected chi connectivity index (χ2v) is 7.38. The molecule has 2 aromatic carbocycles. The summed E-state index contributed by atoms with van der Waals surface area (Å²) in [6.07, 6.45) is 0. The number of benzene rings is 2. The zero-order chi connectivity index (χ0) is 19.6. The second-order valence-electron chi connectivity index (χ2n) is 5.35. The van der Waals surface area contributed by atoms with E-state index in [4.69, 9.17) is 16.3 Å². The maximum absolute atomic E-state index is 12.7. The molecule has 9 nitrogen and oxygen atoms in total. The van der Waals surface area contributed by atoms with E-state index >= 15 is 0 Å². The molecule has 0 aliphatic rings. The quantitative estimate of drug-likeness (QED) is 0.680. The molecule has 1 heterocycles. The van der Waals surface area contributed by atoms with Crippen LogP contribution in [0.3, 0.4) is 0 Å². The number of nitrogens with one attached hydrogen (secondary N) is 2. The summed E-state index contributed by atoms with van der Waals surface area (Å²) in [5, 5.41) is 3.29. The third kappa shape index (κ3) is 4.07. The largest absolute Gasteiger partial charge is 0.467 e. The minimum absolute atomic E-state index is 0.00771. The van der Waals surface area contributed by atoms with Crippen LogP contribution >= 0.6 is 11.6 Å². The maximum Gasteiger partial charge on any atom is 0.335 e. The Morgan fingerprint density at radius 2 is 1.85 bits per heavy atom. The van der Waals surface area contributed by atoms with Gasteiger partial charge in [-0.3, -0.25) is 5.32 Å². The molecule has 0 atom stereocenters. The smallest absolute Gasteiger partial charge is 0.335 e. The average molecular weight is 408 g/mol. The zero-order valence-electron chi connectivity index (χ0n) is 14.2. The van der Waals surface area contributed by atoms with Crippen LogP contribution in [0.5, 0.6) is 6.01 Å². The fourth-order valence-electron chi connectivity index (χ4n) is 2.39. The Bertz CT molecular complexity index is 1140. The van der Waals surface area contributed by atoms with Crippen molar-refractivity contribution in [2.75, 3.05) is 12.4 Å². The van der Waals surface area contributed by atoms with E-state index in [1.807, 2.05) is 4.72 Å². The predicted octanol–water partition coefficient (Wildman–Crippen LogP) is 2.51. The van der Waals surface area contributed by atoms with E-state index in [1.54, 1.807) is 37.3 Å². The highest BCUT2D eigenvalue weighted by Gasteiger charge is 2.24. The fourth-order valence-corrected chi connectivity index (χ4v) is 4.06. The van der Waals surface area contributed by atoms with E-state index in [-0.39, 0.29) is 27.7 Å². The van der Waals surface area contributed by atoms with Crippen molar-refractivity contribution in [2.24, 2.45) is 0 Å². The zero-order valence-corrected chi connectivity index (χ0v) is 15.8. The van der Waals surface area contributed by atoms with Gasteiger partial charge in [-0.25, -0.2) is 17.9 Å². The number of amides is 2. The number of carbonyl (C=O) groups excluding carboxylic acids is 1. The van der Waals surface area contributed by atoms with Crippen molar-refractivity contribution in [1.29, 1.82) is 0 Å². The maximum atomic E-state index is 12.7. The van der Waals surface area contributed by atoms with Crippen LogP contribution in [0.25, 0.3) is 10.8 Å². The summed E-state index contributed by atoms with van der Waals surface area (Å²) in [5.41, 5.74) is 0. The van der Waals surface area contributed by atoms with E-state index in [9.17, 15) is 13.2 Å². The average Bonchev–Trinajstić information content (AvgIpc) is 2.60. The van der Waals surface area contributed by atoms with Gasteiger partial charge in [0.05, 0.1) is 12.1 Å². The highest BCUT2D eigenvalue weighted by Crippen LogP contribution is 2.30. The van der Waals surface area contributed by atoms with Gasteiger partial charge in [-0.15, -0.1) is 0 Å². The minimum atomic E-state index is -4.26. The second kappa shape index (κ2) is 7.33. The molecule has 27 heavy (non-hydrogen) atoms. The molecule has 0 aliphatic carbocycles. The summed E-state index contributed by atoms with van der Waals surface area (Å²) in [5.74, 6) is 0.133. The Kier molecular flexibility index (Phi) is 5.10. The van der Waals surface area contributed by atoms with Gasteiger partial charge in [-0.1, -0.05) is 41.9 Å². The van der Waals surface area contributed by atoms with Crippen LogP contribution in [-0.2, 0) is 10.0 Å². The molecular formula is C16H14ClN5O4S. The van der Waals surface area contributed by atoms with E-state index in [1.165, 1.54) is 13.2 Å². The number of anilines is 1. The number of ether oxygens (including phenoxy) is 1. The molecule has 2 amide bonds. The summed E-state index contributed by atoms with van der Waals surface area (Å²) in [6, 6.07) is 8.87. The lowest BCUT2D eigenvalue weighted by Gasteiger charge is -2.12. The summed E-state index contributed by atoms with van der Waals surface area (Å²) in [4.78, 5) is 23.6. The molecule has 3 rings (SSSR count). The van der Waals surface area contributed by atoms with Crippen LogP contribution in [0.15, 0.2) is 41.3 Å². The lowest BCUT2D eigenvalue weighted by atomic mass is 10.1. The summed E-state index contributed by atoms with van der Waals surface area (Å²) < 4.78 is 32.2. The molecule has 140 valence electrons. The third-order valence-corrected chi connectivity index (χ3v) is 5.32. The highest BCUT2D eigenvalue weighted by atomic mass is 35.5. The molecular weight excluding hydrogens is 394 g/mol. The van der Waals surface area contributed by atoms with Gasteiger partial charge >= 0.3 is 12.0 Å². The van der Waals surface area contributed by atoms with Crippen LogP contribution in [0, 0.1) is 6.92 Å². The van der Waals surface area contributed by atoms with Gasteiger partial charge in [0.1, 0.15) is 10.7 Å². The first-order valence-corrected chi connectivity index (χ1v) is 9.44. The van der Waals surface area contributed by atoms with Crippen molar-refractivity contribution in [2.45, 2.75) is 11.8 Å². The molecule has 11 heteroatoms. The first kappa shape index (κ1) is 18.8. The number of urea groups is 1. The first-order valence-electron chi connectivity index (χ1n) is 7.58. The van der Waals surface area contributed by atoms with Crippen molar-refractivity contribution in [3.05, 3.63) is 47.2 Å². The lowest BCUT2D eigenvalue weighted by Crippen LogP contribution is -2.35. The molecule has 1 aromatic heterocycles. The minimum Gasteiger partial charge on any atom is -0.467 e. The van der Waals surface area contributed by atoms with Gasteiger partial charge in [-0.2, -0.15) is 15.0 Å². The first-order chi connectivity index (χ1) is 12.8. The van der Waals surface area contributed by atoms with Crippen molar-refractivity contribution < 1.29 is 17.9 Å². The number of carbonyl (C=O) groups is 1. The number of methoxy groups -OCH3 is 1. The van der Waals surface area contributed by atoms with E-state index in [0.717, 1.165) is 0 Å². The van der Waals surface area contributed by atoms with Crippen molar-refractivity contribution in [3.63, 3.8) is 0 Å². The van der Waals surface area contributed by atoms with Gasteiger partial charge in [0.25, 0.3) is 10.0 Å². The van der Waals surface area contributed by atoms with Gasteiger partial charge in [0.2, 0.25) is 5.95 Å². The Morgan fingerprint density at radius 3 is 2.59 bits per heavy atom. The van der Waals surface area contributed by atoms with Crippen LogP contribution in [0.4, 0.5) is 10.7 Å². The predicted molar refractivity (Wildman–Crippen MR) is 99.4 cm³/mol. The number of nitrogens with zero attached hydrogens (tertiary/aromatic N) is 3. The van der Waals surface area contributed by atoms with E-state index < -0.39 is 16.1 Å². The Morgan fingerprint density at radius 1 is 1.11 bits per heavy atom. The number of hydrogen-bond acceptors (Lipinski definition) is 7. The Labute approximate surface area is 159 Å². The van der Waals surface area contributed by atoms with E-state index in [0.29, 0.717) is 10.8 Å². The highest BCUT2D eigenvalue weighted by molar-refractivity contribution is 7.90. The summed E-state index contributed by atoms with van der Waals surface area (Å²) >= 11 is 6.09. The fraction of sp³-hybridized carbons (Fsp3) is 0.125. The Balaban J connectivity index is 1.90. The van der Waals surface area contributed by atoms with Gasteiger partial charge < -0.3 is 4.74 Å². The molecule has 0 bridgehead atoms. The SMILES string of the molecule is COc1nc(C)nc(NC(=O)NS(=O)(=O)c2c(Cl)ccc3ccccc23)n1. The van der Waals surface area contributed by atoms with Gasteiger partial charge in [-0.05, 0) is 18.4 Å². The molecule has 0 unspecified atom stereocenters. The number of aromatic nitrogens is 3. The van der Waals surface area contributed by atoms with Crippen molar-refractivity contribution in [3.8, 4) is 6.01 Å². The summed E-state index contributed by atoms with van der Waals surface area (Å²) in [6.45, 7) is 1.57. The number of sulfonamides is 1. The monoisotopic (exact) mass is 407 g/mol. The molecule has 0 saturated heterocycles. The number of aryl methyl sites for hydroxylation is 1. The molecule has 2 N–H and O–H groups in total. The molecule has 0 radical (unpaired) electrons. The number of hydrogen-bond donors (Lipinski definition) is 2. The van der Waals surface area contributed by atoms with Crippen LogP contribution in [-0.4, -0.2) is 36.5 Å². The van der Waals surface area contributed by atoms with Crippen molar-refractivity contribution >= 4 is 44.4 Å². The number of halogens is 1.